The molecule has 4 rings (SSSR count). The molecule has 0 radical (unpaired) electrons. The SMILES string of the molecule is NCCCC[C@H](NC(=O)[C@@H]1CCCN1C(=O)[C@@H]1CSSCCCC(=O)N[C@@H](Cc2ccc(O)cc2)C(=O)N[C@@H](Cc2ccccc2)C(=O)N[C@@H](CCC(N)=O)C(=O)N[C@@H](CC(N)=O)C(=O)N1)C(=O)NCC(N)=O. The summed E-state index contributed by atoms with van der Waals surface area (Å²) >= 11 is 0. The number of hydrogen-bond donors (Lipinski definition) is 12. The molecule has 7 atom stereocenters. The number of aromatic hydroxyl groups is 1. The number of likely N-dealkylation sites (tertiary alicyclic amines) is 1. The number of phenols is 1. The Morgan fingerprint density at radius 1 is 0.712 bits per heavy atom. The van der Waals surface area contributed by atoms with Crippen LogP contribution in [0.2, 0.25) is 0 Å². The van der Waals surface area contributed by atoms with Crippen LogP contribution in [-0.4, -0.2) is 148 Å². The minimum atomic E-state index is -1.75. The molecule has 398 valence electrons. The van der Waals surface area contributed by atoms with Gasteiger partial charge in [0.1, 0.15) is 48.0 Å². The highest BCUT2D eigenvalue weighted by molar-refractivity contribution is 8.76. The van der Waals surface area contributed by atoms with Gasteiger partial charge in [0.15, 0.2) is 0 Å². The van der Waals surface area contributed by atoms with E-state index in [9.17, 15) is 57.8 Å². The number of hydrogen-bond acceptors (Lipinski definition) is 15. The molecule has 2 fully saturated rings. The highest BCUT2D eigenvalue weighted by Crippen LogP contribution is 2.26. The van der Waals surface area contributed by atoms with Gasteiger partial charge in [0, 0.05) is 43.7 Å². The smallest absolute Gasteiger partial charge is 0.246 e. The molecule has 11 amide bonds. The Hall–Kier alpha value is -6.93. The molecular weight excluding hydrogens is 989 g/mol. The number of benzene rings is 2. The Bertz CT molecular complexity index is 2280. The van der Waals surface area contributed by atoms with Crippen LogP contribution < -0.4 is 60.2 Å². The Kier molecular flexibility index (Phi) is 24.2. The first kappa shape index (κ1) is 58.6. The van der Waals surface area contributed by atoms with Crippen LogP contribution in [-0.2, 0) is 65.6 Å². The van der Waals surface area contributed by atoms with Crippen LogP contribution in [0.1, 0.15) is 75.3 Å². The van der Waals surface area contributed by atoms with E-state index in [-0.39, 0.29) is 56.6 Å². The lowest BCUT2D eigenvalue weighted by Gasteiger charge is -2.30. The molecule has 0 spiro atoms. The van der Waals surface area contributed by atoms with Crippen molar-refractivity contribution < 1.29 is 57.8 Å². The van der Waals surface area contributed by atoms with Gasteiger partial charge < -0.3 is 70.2 Å². The molecule has 0 aromatic heterocycles. The summed E-state index contributed by atoms with van der Waals surface area (Å²) in [7, 11) is 2.40. The lowest BCUT2D eigenvalue weighted by molar-refractivity contribution is -0.142. The maximum Gasteiger partial charge on any atom is 0.246 e. The van der Waals surface area contributed by atoms with Gasteiger partial charge in [-0.2, -0.15) is 0 Å². The van der Waals surface area contributed by atoms with Gasteiger partial charge in [-0.25, -0.2) is 0 Å². The number of carbonyl (C=O) groups is 11. The van der Waals surface area contributed by atoms with Crippen LogP contribution in [0, 0.1) is 0 Å². The van der Waals surface area contributed by atoms with Gasteiger partial charge in [-0.05, 0) is 74.8 Å². The molecule has 0 bridgehead atoms. The van der Waals surface area contributed by atoms with Gasteiger partial charge in [0.25, 0.3) is 0 Å². The van der Waals surface area contributed by atoms with Crippen molar-refractivity contribution in [2.75, 3.05) is 31.1 Å². The number of primary amides is 3. The molecule has 2 aliphatic rings. The average molecular weight is 1060 g/mol. The molecule has 0 saturated carbocycles. The molecule has 73 heavy (non-hydrogen) atoms. The molecule has 2 aliphatic heterocycles. The highest BCUT2D eigenvalue weighted by atomic mass is 33.1. The van der Waals surface area contributed by atoms with Crippen LogP contribution in [0.5, 0.6) is 5.75 Å². The van der Waals surface area contributed by atoms with E-state index in [1.165, 1.54) is 27.8 Å². The number of rotatable bonds is 19. The number of unbranched alkanes of at least 4 members (excludes halogenated alkanes) is 1. The molecular formula is C47H66N12O12S2. The van der Waals surface area contributed by atoms with E-state index in [4.69, 9.17) is 22.9 Å². The molecule has 24 nitrogen and oxygen atoms in total. The van der Waals surface area contributed by atoms with Crippen molar-refractivity contribution in [1.29, 1.82) is 0 Å². The van der Waals surface area contributed by atoms with Gasteiger partial charge >= 0.3 is 0 Å². The number of nitrogens with zero attached hydrogens (tertiary/aromatic N) is 1. The van der Waals surface area contributed by atoms with Crippen molar-refractivity contribution in [1.82, 2.24) is 42.1 Å². The molecule has 0 aliphatic carbocycles. The second kappa shape index (κ2) is 30.2. The normalized spacial score (nSPS) is 22.2. The zero-order chi connectivity index (χ0) is 53.5. The van der Waals surface area contributed by atoms with E-state index in [0.29, 0.717) is 42.7 Å². The van der Waals surface area contributed by atoms with Crippen molar-refractivity contribution in [3.8, 4) is 5.75 Å². The van der Waals surface area contributed by atoms with E-state index in [0.717, 1.165) is 10.8 Å². The minimum absolute atomic E-state index is 0.0281. The minimum Gasteiger partial charge on any atom is -0.508 e. The summed E-state index contributed by atoms with van der Waals surface area (Å²) in [6.07, 6.45) is 0.121. The zero-order valence-electron chi connectivity index (χ0n) is 40.3. The Morgan fingerprint density at radius 3 is 1.97 bits per heavy atom. The summed E-state index contributed by atoms with van der Waals surface area (Å²) in [6, 6.07) is 4.93. The maximum atomic E-state index is 14.5. The fraction of sp³-hybridized carbons (Fsp3) is 0.511. The Balaban J connectivity index is 1.68. The van der Waals surface area contributed by atoms with Gasteiger partial charge in [-0.15, -0.1) is 0 Å². The zero-order valence-corrected chi connectivity index (χ0v) is 41.9. The largest absolute Gasteiger partial charge is 0.508 e. The molecule has 2 heterocycles. The van der Waals surface area contributed by atoms with Crippen LogP contribution in [0.4, 0.5) is 0 Å². The fourth-order valence-electron chi connectivity index (χ4n) is 7.93. The van der Waals surface area contributed by atoms with E-state index < -0.39 is 133 Å². The topological polar surface area (TPSA) is 400 Å². The van der Waals surface area contributed by atoms with Gasteiger partial charge in [-0.3, -0.25) is 52.7 Å². The molecule has 26 heteroatoms. The summed E-state index contributed by atoms with van der Waals surface area (Å²) in [4.78, 5) is 149. The third-order valence-electron chi connectivity index (χ3n) is 11.7. The summed E-state index contributed by atoms with van der Waals surface area (Å²) in [6.45, 7) is -0.0833. The van der Waals surface area contributed by atoms with Crippen LogP contribution >= 0.6 is 21.6 Å². The first-order valence-corrected chi connectivity index (χ1v) is 26.3. The number of amides is 11. The van der Waals surface area contributed by atoms with E-state index in [1.54, 1.807) is 42.5 Å². The lowest BCUT2D eigenvalue weighted by Crippen LogP contribution is -2.61. The van der Waals surface area contributed by atoms with E-state index in [2.05, 4.69) is 37.2 Å². The molecule has 2 aromatic carbocycles. The van der Waals surface area contributed by atoms with Crippen molar-refractivity contribution in [3.05, 3.63) is 65.7 Å². The first-order chi connectivity index (χ1) is 34.8. The lowest BCUT2D eigenvalue weighted by atomic mass is 10.0. The maximum absolute atomic E-state index is 14.5. The second-order valence-corrected chi connectivity index (χ2v) is 20.2. The number of phenolic OH excluding ortho intramolecular Hbond substituents is 1. The Labute approximate surface area is 429 Å². The predicted octanol–water partition coefficient (Wildman–Crippen LogP) is -2.88. The molecule has 16 N–H and O–H groups in total. The number of nitrogens with two attached hydrogens (primary N) is 4. The quantitative estimate of drug-likeness (QED) is 0.0497. The Morgan fingerprint density at radius 2 is 1.33 bits per heavy atom. The molecule has 0 unspecified atom stereocenters. The molecule has 2 saturated heterocycles. The monoisotopic (exact) mass is 1050 g/mol. The highest BCUT2D eigenvalue weighted by Gasteiger charge is 2.40. The van der Waals surface area contributed by atoms with Crippen LogP contribution in [0.15, 0.2) is 54.6 Å². The fourth-order valence-corrected chi connectivity index (χ4v) is 10.2. The van der Waals surface area contributed by atoms with Gasteiger partial charge in [-0.1, -0.05) is 64.1 Å². The third kappa shape index (κ3) is 20.2. The standard InChI is InChI=1S/C47H66N12O12S2/c48-19-5-4-10-30(41(65)52-25-39(51)63)55-46(70)36-11-6-20-59(36)47(71)35-26-73-72-21-7-12-40(64)53-32(23-28-13-15-29(60)16-14-28)43(67)56-33(22-27-8-2-1-3-9-27)44(68)54-31(17-18-37(49)61)42(66)57-34(24-38(50)62)45(69)58-35/h1-3,8-9,13-16,30-36,60H,4-7,10-12,17-26,48H2,(H2,49,61)(H2,50,62)(H2,51,63)(H,52,65)(H,53,64)(H,54,68)(H,55,70)(H,56,67)(H,57,66)(H,58,69)/t30-,31-,32-,33-,34-,35-,36-/m0/s1. The van der Waals surface area contributed by atoms with Crippen molar-refractivity contribution >= 4 is 86.6 Å². The second-order valence-electron chi connectivity index (χ2n) is 17.5. The van der Waals surface area contributed by atoms with E-state index >= 15 is 0 Å². The summed E-state index contributed by atoms with van der Waals surface area (Å²) in [5.41, 5.74) is 23.0. The van der Waals surface area contributed by atoms with E-state index in [1.807, 2.05) is 0 Å². The van der Waals surface area contributed by atoms with Crippen molar-refractivity contribution in [2.45, 2.75) is 119 Å². The van der Waals surface area contributed by atoms with Gasteiger partial charge in [0.05, 0.1) is 13.0 Å². The number of nitrogens with one attached hydrogen (secondary N) is 7. The molecule has 2 aromatic rings. The summed E-state index contributed by atoms with van der Waals surface area (Å²) in [5, 5.41) is 28.0. The van der Waals surface area contributed by atoms with Crippen LogP contribution in [0.25, 0.3) is 0 Å². The summed E-state index contributed by atoms with van der Waals surface area (Å²) < 4.78 is 0. The predicted molar refractivity (Wildman–Crippen MR) is 270 cm³/mol. The first-order valence-electron chi connectivity index (χ1n) is 23.9. The van der Waals surface area contributed by atoms with Crippen molar-refractivity contribution in [2.24, 2.45) is 22.9 Å². The van der Waals surface area contributed by atoms with Gasteiger partial charge in [0.2, 0.25) is 65.0 Å². The third-order valence-corrected chi connectivity index (χ3v) is 14.2. The van der Waals surface area contributed by atoms with Crippen LogP contribution in [0.3, 0.4) is 0 Å². The average Bonchev–Trinajstić information content (AvgIpc) is 3.85. The summed E-state index contributed by atoms with van der Waals surface area (Å²) in [5.74, 6) is -8.85. The van der Waals surface area contributed by atoms with Crippen molar-refractivity contribution in [3.63, 3.8) is 0 Å². The number of carbonyl (C=O) groups excluding carboxylic acids is 11.